The van der Waals surface area contributed by atoms with E-state index in [1.54, 1.807) is 0 Å². The molecule has 0 aliphatic carbocycles. The van der Waals surface area contributed by atoms with Crippen molar-refractivity contribution in [2.24, 2.45) is 0 Å². The molecule has 0 bridgehead atoms. The van der Waals surface area contributed by atoms with Gasteiger partial charge in [0.15, 0.2) is 0 Å². The number of nitrogens with zero attached hydrogens (tertiary/aromatic N) is 3. The van der Waals surface area contributed by atoms with Crippen LogP contribution in [0.4, 0.5) is 0 Å². The van der Waals surface area contributed by atoms with Gasteiger partial charge >= 0.3 is 0 Å². The molecule has 0 fully saturated rings. The Balaban J connectivity index is 2.03. The Labute approximate surface area is 101 Å². The number of hydrogen-bond acceptors (Lipinski definition) is 3. The topological polar surface area (TPSA) is 19.4 Å². The molecule has 3 heteroatoms. The van der Waals surface area contributed by atoms with E-state index in [4.69, 9.17) is 0 Å². The fourth-order valence-corrected chi connectivity index (χ4v) is 3.25. The average Bonchev–Trinajstić information content (AvgIpc) is 2.79. The van der Waals surface area contributed by atoms with Crippen LogP contribution in [-0.2, 0) is 0 Å². The molecule has 4 rings (SSSR count). The number of pyridine rings is 1. The SMILES string of the molecule is CC1c2ccnc3c2C2N(C=C3)C=CN2C1C. The maximum absolute atomic E-state index is 4.50. The van der Waals surface area contributed by atoms with Gasteiger partial charge in [0.05, 0.1) is 5.69 Å². The van der Waals surface area contributed by atoms with E-state index in [2.05, 4.69) is 59.4 Å². The van der Waals surface area contributed by atoms with Gasteiger partial charge in [-0.2, -0.15) is 0 Å². The Morgan fingerprint density at radius 2 is 2.06 bits per heavy atom. The molecule has 0 spiro atoms. The maximum Gasteiger partial charge on any atom is 0.134 e. The Morgan fingerprint density at radius 3 is 2.94 bits per heavy atom. The minimum atomic E-state index is 0.338. The van der Waals surface area contributed by atoms with Crippen molar-refractivity contribution in [3.63, 3.8) is 0 Å². The van der Waals surface area contributed by atoms with Crippen molar-refractivity contribution < 1.29 is 0 Å². The van der Waals surface area contributed by atoms with Gasteiger partial charge in [0.1, 0.15) is 6.17 Å². The van der Waals surface area contributed by atoms with Gasteiger partial charge in [0, 0.05) is 42.3 Å². The van der Waals surface area contributed by atoms with E-state index < -0.39 is 0 Å². The summed E-state index contributed by atoms with van der Waals surface area (Å²) in [6, 6.07) is 2.72. The highest BCUT2D eigenvalue weighted by atomic mass is 15.4. The Hall–Kier alpha value is -1.77. The van der Waals surface area contributed by atoms with Crippen molar-refractivity contribution in [1.29, 1.82) is 0 Å². The first-order chi connectivity index (χ1) is 8.27. The van der Waals surface area contributed by atoms with Crippen molar-refractivity contribution in [1.82, 2.24) is 14.8 Å². The van der Waals surface area contributed by atoms with E-state index in [9.17, 15) is 0 Å². The van der Waals surface area contributed by atoms with Gasteiger partial charge in [0.25, 0.3) is 0 Å². The molecule has 3 aliphatic heterocycles. The number of rotatable bonds is 0. The lowest BCUT2D eigenvalue weighted by Gasteiger charge is -2.45. The van der Waals surface area contributed by atoms with Crippen LogP contribution in [0.1, 0.15) is 42.8 Å². The van der Waals surface area contributed by atoms with E-state index in [0.29, 0.717) is 18.1 Å². The number of aromatic nitrogens is 1. The third-order valence-corrected chi connectivity index (χ3v) is 4.38. The Bertz CT molecular complexity index is 546. The summed E-state index contributed by atoms with van der Waals surface area (Å²) in [4.78, 5) is 9.22. The highest BCUT2D eigenvalue weighted by Crippen LogP contribution is 2.47. The van der Waals surface area contributed by atoms with E-state index in [1.807, 2.05) is 6.20 Å². The summed E-state index contributed by atoms with van der Waals surface area (Å²) in [5, 5.41) is 0. The predicted octanol–water partition coefficient (Wildman–Crippen LogP) is 2.66. The molecule has 86 valence electrons. The fourth-order valence-electron chi connectivity index (χ4n) is 3.25. The molecule has 17 heavy (non-hydrogen) atoms. The second-order valence-corrected chi connectivity index (χ2v) is 5.11. The molecule has 0 amide bonds. The summed E-state index contributed by atoms with van der Waals surface area (Å²) < 4.78 is 0. The van der Waals surface area contributed by atoms with Crippen LogP contribution in [0.5, 0.6) is 0 Å². The highest BCUT2D eigenvalue weighted by molar-refractivity contribution is 5.58. The molecular formula is C14H15N3. The molecule has 3 unspecified atom stereocenters. The zero-order valence-electron chi connectivity index (χ0n) is 10.0. The Kier molecular flexibility index (Phi) is 1.59. The van der Waals surface area contributed by atoms with E-state index in [-0.39, 0.29) is 0 Å². The van der Waals surface area contributed by atoms with Crippen LogP contribution < -0.4 is 0 Å². The van der Waals surface area contributed by atoms with Gasteiger partial charge in [-0.1, -0.05) is 6.92 Å². The van der Waals surface area contributed by atoms with Crippen molar-refractivity contribution >= 4 is 6.08 Å². The molecule has 1 aromatic rings. The monoisotopic (exact) mass is 225 g/mol. The average molecular weight is 225 g/mol. The van der Waals surface area contributed by atoms with Crippen molar-refractivity contribution in [2.75, 3.05) is 0 Å². The second kappa shape index (κ2) is 2.92. The molecule has 3 nitrogen and oxygen atoms in total. The molecular weight excluding hydrogens is 210 g/mol. The van der Waals surface area contributed by atoms with Crippen LogP contribution in [0, 0.1) is 0 Å². The first-order valence-electron chi connectivity index (χ1n) is 6.17. The smallest absolute Gasteiger partial charge is 0.134 e. The highest BCUT2D eigenvalue weighted by Gasteiger charge is 2.42. The van der Waals surface area contributed by atoms with Gasteiger partial charge in [0.2, 0.25) is 0 Å². The number of hydrogen-bond donors (Lipinski definition) is 0. The molecule has 0 saturated carbocycles. The van der Waals surface area contributed by atoms with E-state index in [0.717, 1.165) is 5.69 Å². The lowest BCUT2D eigenvalue weighted by molar-refractivity contribution is 0.119. The molecule has 0 aromatic carbocycles. The zero-order chi connectivity index (χ0) is 11.6. The van der Waals surface area contributed by atoms with Crippen LogP contribution in [0.2, 0.25) is 0 Å². The minimum Gasteiger partial charge on any atom is -0.349 e. The van der Waals surface area contributed by atoms with Gasteiger partial charge in [-0.3, -0.25) is 4.98 Å². The second-order valence-electron chi connectivity index (χ2n) is 5.11. The first kappa shape index (κ1) is 9.28. The fraction of sp³-hybridized carbons (Fsp3) is 0.357. The van der Waals surface area contributed by atoms with Crippen LogP contribution in [0.15, 0.2) is 30.9 Å². The molecule has 0 radical (unpaired) electrons. The van der Waals surface area contributed by atoms with Gasteiger partial charge < -0.3 is 9.80 Å². The normalized spacial score (nSPS) is 32.0. The zero-order valence-corrected chi connectivity index (χ0v) is 10.0. The van der Waals surface area contributed by atoms with Crippen LogP contribution >= 0.6 is 0 Å². The summed E-state index contributed by atoms with van der Waals surface area (Å²) >= 11 is 0. The first-order valence-corrected chi connectivity index (χ1v) is 6.17. The summed E-state index contributed by atoms with van der Waals surface area (Å²) in [5.74, 6) is 0.555. The largest absolute Gasteiger partial charge is 0.349 e. The molecule has 3 atom stereocenters. The summed E-state index contributed by atoms with van der Waals surface area (Å²) in [7, 11) is 0. The van der Waals surface area contributed by atoms with Crippen molar-refractivity contribution in [3.8, 4) is 0 Å². The third kappa shape index (κ3) is 0.996. The lowest BCUT2D eigenvalue weighted by atomic mass is 9.83. The van der Waals surface area contributed by atoms with Crippen LogP contribution in [0.3, 0.4) is 0 Å². The summed E-state index contributed by atoms with van der Waals surface area (Å²) in [6.45, 7) is 4.62. The molecule has 3 aliphatic rings. The third-order valence-electron chi connectivity index (χ3n) is 4.38. The van der Waals surface area contributed by atoms with Gasteiger partial charge in [-0.15, -0.1) is 0 Å². The van der Waals surface area contributed by atoms with Crippen LogP contribution in [-0.4, -0.2) is 20.8 Å². The molecule has 1 aromatic heterocycles. The summed E-state index contributed by atoms with van der Waals surface area (Å²) in [6.07, 6.45) is 10.9. The minimum absolute atomic E-state index is 0.338. The van der Waals surface area contributed by atoms with E-state index in [1.165, 1.54) is 11.1 Å². The van der Waals surface area contributed by atoms with Gasteiger partial charge in [-0.05, 0) is 24.6 Å². The standard InChI is InChI=1S/C14H15N3/c1-9-10(2)17-8-7-16-6-4-12-13(14(16)17)11(9)3-5-15-12/h3-10,14H,1-2H3. The molecule has 0 N–H and O–H groups in total. The quantitative estimate of drug-likeness (QED) is 0.676. The van der Waals surface area contributed by atoms with Crippen molar-refractivity contribution in [3.05, 3.63) is 47.7 Å². The van der Waals surface area contributed by atoms with Gasteiger partial charge in [-0.25, -0.2) is 0 Å². The Morgan fingerprint density at radius 1 is 1.18 bits per heavy atom. The lowest BCUT2D eigenvalue weighted by Crippen LogP contribution is -2.43. The summed E-state index contributed by atoms with van der Waals surface area (Å²) in [5.41, 5.74) is 3.99. The molecule has 4 heterocycles. The predicted molar refractivity (Wildman–Crippen MR) is 66.7 cm³/mol. The maximum atomic E-state index is 4.50. The molecule has 0 saturated heterocycles. The van der Waals surface area contributed by atoms with E-state index >= 15 is 0 Å². The van der Waals surface area contributed by atoms with Crippen LogP contribution in [0.25, 0.3) is 6.08 Å². The van der Waals surface area contributed by atoms with Crippen molar-refractivity contribution in [2.45, 2.75) is 32.0 Å².